The molecule has 1 spiro atoms. The van der Waals surface area contributed by atoms with Gasteiger partial charge in [-0.15, -0.1) is 0 Å². The Balaban J connectivity index is 1.47. The third-order valence-electron chi connectivity index (χ3n) is 8.64. The monoisotopic (exact) mass is 487 g/mol. The minimum atomic E-state index is -0.359. The summed E-state index contributed by atoms with van der Waals surface area (Å²) in [5.74, 6) is 0.0265. The fourth-order valence-corrected chi connectivity index (χ4v) is 6.08. The zero-order valence-electron chi connectivity index (χ0n) is 21.7. The van der Waals surface area contributed by atoms with Gasteiger partial charge in [0.25, 0.3) is 5.82 Å². The molecule has 2 fully saturated rings. The van der Waals surface area contributed by atoms with Gasteiger partial charge >= 0.3 is 5.91 Å². The van der Waals surface area contributed by atoms with E-state index in [4.69, 9.17) is 11.6 Å². The maximum Gasteiger partial charge on any atom is 0.314 e. The highest BCUT2D eigenvalue weighted by Crippen LogP contribution is 2.50. The summed E-state index contributed by atoms with van der Waals surface area (Å²) < 4.78 is 0. The summed E-state index contributed by atoms with van der Waals surface area (Å²) >= 11 is 0. The van der Waals surface area contributed by atoms with Crippen molar-refractivity contribution in [3.05, 3.63) is 53.0 Å². The SMILES string of the molecule is [C-]#[N+]c1cnc(C(=O)Nc2ccc(C(C)(C)N3CCN(C)CC3)nc2C2=CCC3(CCCC3)CC2)[nH]1. The topological polar surface area (TPSA) is 81.5 Å². The van der Waals surface area contributed by atoms with Crippen LogP contribution >= 0.6 is 0 Å². The molecule has 2 N–H and O–H groups in total. The van der Waals surface area contributed by atoms with Crippen LogP contribution in [-0.4, -0.2) is 63.9 Å². The quantitative estimate of drug-likeness (QED) is 0.565. The normalized spacial score (nSPS) is 20.8. The molecule has 0 aromatic carbocycles. The molecule has 0 bridgehead atoms. The number of carbonyl (C=O) groups excluding carboxylic acids is 1. The van der Waals surface area contributed by atoms with Crippen molar-refractivity contribution in [1.29, 1.82) is 0 Å². The van der Waals surface area contributed by atoms with Crippen molar-refractivity contribution in [3.8, 4) is 0 Å². The van der Waals surface area contributed by atoms with E-state index in [1.165, 1.54) is 43.9 Å². The fraction of sp³-hybridized carbons (Fsp3) is 0.571. The van der Waals surface area contributed by atoms with Crippen LogP contribution in [0.1, 0.15) is 80.8 Å². The molecule has 0 radical (unpaired) electrons. The van der Waals surface area contributed by atoms with Crippen molar-refractivity contribution < 1.29 is 4.79 Å². The number of likely N-dealkylation sites (N-methyl/N-ethyl adjacent to an activating group) is 1. The zero-order chi connectivity index (χ0) is 25.3. The first-order valence-electron chi connectivity index (χ1n) is 13.2. The Kier molecular flexibility index (Phi) is 6.71. The maximum absolute atomic E-state index is 13.0. The van der Waals surface area contributed by atoms with Crippen LogP contribution in [-0.2, 0) is 5.54 Å². The molecular weight excluding hydrogens is 450 g/mol. The van der Waals surface area contributed by atoms with Gasteiger partial charge in [0.15, 0.2) is 0 Å². The molecule has 1 saturated carbocycles. The number of aromatic amines is 1. The van der Waals surface area contributed by atoms with Crippen LogP contribution in [0.3, 0.4) is 0 Å². The number of rotatable bonds is 5. The molecule has 3 aliphatic rings. The van der Waals surface area contributed by atoms with E-state index in [-0.39, 0.29) is 23.1 Å². The summed E-state index contributed by atoms with van der Waals surface area (Å²) in [6.45, 7) is 15.7. The number of imidazole rings is 1. The molecule has 2 aliphatic carbocycles. The van der Waals surface area contributed by atoms with Gasteiger partial charge in [-0.1, -0.05) is 25.5 Å². The molecule has 8 nitrogen and oxygen atoms in total. The third-order valence-corrected chi connectivity index (χ3v) is 8.64. The molecule has 0 unspecified atom stereocenters. The van der Waals surface area contributed by atoms with Gasteiger partial charge in [-0.2, -0.15) is 0 Å². The summed E-state index contributed by atoms with van der Waals surface area (Å²) in [4.78, 5) is 33.2. The van der Waals surface area contributed by atoms with Gasteiger partial charge in [-0.25, -0.2) is 9.97 Å². The molecule has 1 saturated heterocycles. The van der Waals surface area contributed by atoms with Crippen LogP contribution in [0, 0.1) is 12.0 Å². The van der Waals surface area contributed by atoms with Crippen LogP contribution in [0.15, 0.2) is 24.4 Å². The Morgan fingerprint density at radius 2 is 1.92 bits per heavy atom. The lowest BCUT2D eigenvalue weighted by molar-refractivity contribution is 0.0580. The number of pyridine rings is 1. The lowest BCUT2D eigenvalue weighted by atomic mass is 9.73. The van der Waals surface area contributed by atoms with Gasteiger partial charge < -0.3 is 15.1 Å². The number of nitrogens with zero attached hydrogens (tertiary/aromatic N) is 5. The molecular formula is C28H37N7O. The minimum absolute atomic E-state index is 0.135. The number of piperazine rings is 1. The Hall–Kier alpha value is -3.02. The van der Waals surface area contributed by atoms with E-state index >= 15 is 0 Å². The predicted molar refractivity (Wildman–Crippen MR) is 142 cm³/mol. The number of hydrogen-bond donors (Lipinski definition) is 2. The first kappa shape index (κ1) is 24.7. The first-order valence-corrected chi connectivity index (χ1v) is 13.2. The number of aromatic nitrogens is 3. The van der Waals surface area contributed by atoms with E-state index in [0.29, 0.717) is 11.1 Å². The van der Waals surface area contributed by atoms with Crippen molar-refractivity contribution >= 4 is 23.0 Å². The van der Waals surface area contributed by atoms with Gasteiger partial charge in [0.05, 0.1) is 28.8 Å². The molecule has 1 aliphatic heterocycles. The van der Waals surface area contributed by atoms with Crippen molar-refractivity contribution in [2.75, 3.05) is 38.5 Å². The summed E-state index contributed by atoms with van der Waals surface area (Å²) in [6, 6.07) is 4.04. The molecule has 8 heteroatoms. The van der Waals surface area contributed by atoms with Gasteiger partial charge in [-0.05, 0) is 76.1 Å². The van der Waals surface area contributed by atoms with E-state index in [1.54, 1.807) is 0 Å². The Bertz CT molecular complexity index is 1190. The minimum Gasteiger partial charge on any atom is -0.363 e. The van der Waals surface area contributed by atoms with Crippen LogP contribution in [0.4, 0.5) is 11.5 Å². The number of anilines is 1. The molecule has 36 heavy (non-hydrogen) atoms. The fourth-order valence-electron chi connectivity index (χ4n) is 6.08. The average Bonchev–Trinajstić information content (AvgIpc) is 3.55. The largest absolute Gasteiger partial charge is 0.363 e. The van der Waals surface area contributed by atoms with E-state index in [1.807, 2.05) is 12.1 Å². The van der Waals surface area contributed by atoms with Gasteiger partial charge in [0.1, 0.15) is 0 Å². The lowest BCUT2D eigenvalue weighted by Crippen LogP contribution is -2.52. The number of H-pyrrole nitrogens is 1. The van der Waals surface area contributed by atoms with Crippen LogP contribution in [0.5, 0.6) is 0 Å². The second kappa shape index (κ2) is 9.79. The third kappa shape index (κ3) is 4.82. The standard InChI is InChI=1S/C28H37N7O/c1-27(2,35-17-15-34(4)16-18-35)22-8-7-21(31-26(36)25-30-19-23(29-3)33-25)24(32-22)20-9-13-28(14-10-20)11-5-6-12-28/h7-9,19H,5-6,10-18H2,1-2,4H3,(H,30,33)(H,31,36). The highest BCUT2D eigenvalue weighted by Gasteiger charge is 2.37. The average molecular weight is 488 g/mol. The summed E-state index contributed by atoms with van der Waals surface area (Å²) in [7, 11) is 2.17. The Labute approximate surface area is 214 Å². The van der Waals surface area contributed by atoms with Crippen molar-refractivity contribution in [3.63, 3.8) is 0 Å². The van der Waals surface area contributed by atoms with Crippen molar-refractivity contribution in [2.45, 2.75) is 64.3 Å². The van der Waals surface area contributed by atoms with E-state index < -0.39 is 0 Å². The van der Waals surface area contributed by atoms with Gasteiger partial charge in [0.2, 0.25) is 5.82 Å². The number of amides is 1. The summed E-state index contributed by atoms with van der Waals surface area (Å²) in [5.41, 5.74) is 4.07. The molecule has 190 valence electrons. The number of carbonyl (C=O) groups is 1. The van der Waals surface area contributed by atoms with Crippen LogP contribution in [0.2, 0.25) is 0 Å². The summed E-state index contributed by atoms with van der Waals surface area (Å²) in [5, 5.41) is 3.03. The molecule has 0 atom stereocenters. The van der Waals surface area contributed by atoms with Crippen molar-refractivity contribution in [1.82, 2.24) is 24.8 Å². The zero-order valence-corrected chi connectivity index (χ0v) is 21.7. The van der Waals surface area contributed by atoms with Crippen molar-refractivity contribution in [2.24, 2.45) is 5.41 Å². The van der Waals surface area contributed by atoms with Crippen LogP contribution < -0.4 is 5.32 Å². The lowest BCUT2D eigenvalue weighted by Gasteiger charge is -2.43. The van der Waals surface area contributed by atoms with E-state index in [2.05, 4.69) is 56.9 Å². The van der Waals surface area contributed by atoms with Gasteiger partial charge in [0, 0.05) is 26.2 Å². The molecule has 5 rings (SSSR count). The van der Waals surface area contributed by atoms with E-state index in [0.717, 1.165) is 50.4 Å². The smallest absolute Gasteiger partial charge is 0.314 e. The number of nitrogens with one attached hydrogen (secondary N) is 2. The van der Waals surface area contributed by atoms with Gasteiger partial charge in [-0.3, -0.25) is 14.7 Å². The maximum atomic E-state index is 13.0. The summed E-state index contributed by atoms with van der Waals surface area (Å²) in [6.07, 6.45) is 12.4. The first-order chi connectivity index (χ1) is 17.3. The van der Waals surface area contributed by atoms with E-state index in [9.17, 15) is 4.79 Å². The molecule has 2 aromatic rings. The molecule has 2 aromatic heterocycles. The highest BCUT2D eigenvalue weighted by molar-refractivity contribution is 6.03. The molecule has 1 amide bonds. The predicted octanol–water partition coefficient (Wildman–Crippen LogP) is 5.22. The Morgan fingerprint density at radius 3 is 2.56 bits per heavy atom. The van der Waals surface area contributed by atoms with Crippen LogP contribution in [0.25, 0.3) is 10.4 Å². The second-order valence-corrected chi connectivity index (χ2v) is 11.3. The number of hydrogen-bond acceptors (Lipinski definition) is 5. The number of allylic oxidation sites excluding steroid dienone is 2. The molecule has 3 heterocycles. The Morgan fingerprint density at radius 1 is 1.17 bits per heavy atom. The second-order valence-electron chi connectivity index (χ2n) is 11.3. The highest BCUT2D eigenvalue weighted by atomic mass is 16.2.